The fourth-order valence-corrected chi connectivity index (χ4v) is 2.69. The van der Waals surface area contributed by atoms with Gasteiger partial charge in [0.15, 0.2) is 0 Å². The van der Waals surface area contributed by atoms with E-state index in [1.54, 1.807) is 0 Å². The average molecular weight is 242 g/mol. The van der Waals surface area contributed by atoms with Crippen LogP contribution >= 0.6 is 0 Å². The molecule has 0 aromatic heterocycles. The molecule has 1 nitrogen and oxygen atoms in total. The van der Waals surface area contributed by atoms with Gasteiger partial charge in [-0.2, -0.15) is 0 Å². The molecule has 1 saturated heterocycles. The molecule has 1 fully saturated rings. The van der Waals surface area contributed by atoms with Gasteiger partial charge in [-0.15, -0.1) is 0 Å². The second-order valence-corrected chi connectivity index (χ2v) is 6.48. The van der Waals surface area contributed by atoms with Gasteiger partial charge < -0.3 is 4.74 Å². The van der Waals surface area contributed by atoms with E-state index in [1.165, 1.54) is 12.8 Å². The van der Waals surface area contributed by atoms with Crippen molar-refractivity contribution in [3.8, 4) is 0 Å². The van der Waals surface area contributed by atoms with Crippen LogP contribution in [-0.4, -0.2) is 13.2 Å². The molecule has 0 unspecified atom stereocenters. The third-order valence-electron chi connectivity index (χ3n) is 5.35. The Bertz CT molecular complexity index is 198. The first kappa shape index (κ1) is 17.0. The fraction of sp³-hybridized carbons (Fsp3) is 1.00. The second-order valence-electron chi connectivity index (χ2n) is 6.48. The van der Waals surface area contributed by atoms with E-state index in [9.17, 15) is 0 Å². The Morgan fingerprint density at radius 2 is 1.35 bits per heavy atom. The molecule has 0 radical (unpaired) electrons. The molecule has 0 aromatic carbocycles. The maximum absolute atomic E-state index is 5.47. The van der Waals surface area contributed by atoms with Crippen molar-refractivity contribution >= 4 is 0 Å². The maximum atomic E-state index is 5.47. The third-order valence-corrected chi connectivity index (χ3v) is 5.35. The first-order valence-corrected chi connectivity index (χ1v) is 7.38. The van der Waals surface area contributed by atoms with Gasteiger partial charge in [-0.05, 0) is 35.5 Å². The summed E-state index contributed by atoms with van der Waals surface area (Å²) in [6.45, 7) is 20.4. The minimum atomic E-state index is 0.398. The summed E-state index contributed by atoms with van der Waals surface area (Å²) >= 11 is 0. The van der Waals surface area contributed by atoms with Gasteiger partial charge in [0.25, 0.3) is 0 Å². The molecule has 0 atom stereocenters. The molecule has 1 aliphatic heterocycles. The van der Waals surface area contributed by atoms with Crippen LogP contribution < -0.4 is 0 Å². The number of ether oxygens (including phenoxy) is 1. The highest BCUT2D eigenvalue weighted by Gasteiger charge is 2.44. The van der Waals surface area contributed by atoms with Crippen molar-refractivity contribution in [3.05, 3.63) is 0 Å². The molecule has 0 spiro atoms. The molecule has 0 amide bonds. The molecule has 104 valence electrons. The van der Waals surface area contributed by atoms with E-state index >= 15 is 0 Å². The van der Waals surface area contributed by atoms with Gasteiger partial charge in [-0.25, -0.2) is 0 Å². The Hall–Kier alpha value is -0.0400. The highest BCUT2D eigenvalue weighted by Crippen LogP contribution is 2.51. The molecule has 1 aliphatic rings. The SMILES string of the molecule is CC.CC(C)C(C)(C)C(C)(C)C1CCOCC1. The molecule has 0 bridgehead atoms. The van der Waals surface area contributed by atoms with Crippen LogP contribution in [0.5, 0.6) is 0 Å². The minimum absolute atomic E-state index is 0.398. The summed E-state index contributed by atoms with van der Waals surface area (Å²) in [5, 5.41) is 0. The van der Waals surface area contributed by atoms with Crippen LogP contribution in [0.25, 0.3) is 0 Å². The number of hydrogen-bond donors (Lipinski definition) is 0. The van der Waals surface area contributed by atoms with E-state index in [4.69, 9.17) is 4.74 Å². The first-order chi connectivity index (χ1) is 7.80. The lowest BCUT2D eigenvalue weighted by Gasteiger charge is -2.51. The first-order valence-electron chi connectivity index (χ1n) is 7.38. The van der Waals surface area contributed by atoms with Crippen LogP contribution in [0.3, 0.4) is 0 Å². The number of rotatable bonds is 3. The zero-order valence-electron chi connectivity index (χ0n) is 13.4. The van der Waals surface area contributed by atoms with Gasteiger partial charge in [0, 0.05) is 13.2 Å². The Morgan fingerprint density at radius 3 is 1.71 bits per heavy atom. The van der Waals surface area contributed by atoms with Crippen LogP contribution in [0.1, 0.15) is 68.2 Å². The molecule has 0 aromatic rings. The summed E-state index contributed by atoms with van der Waals surface area (Å²) in [6.07, 6.45) is 2.48. The Kier molecular flexibility index (Phi) is 6.76. The Balaban J connectivity index is 0.00000121. The lowest BCUT2D eigenvalue weighted by atomic mass is 9.55. The monoisotopic (exact) mass is 242 g/mol. The van der Waals surface area contributed by atoms with Crippen LogP contribution in [0.15, 0.2) is 0 Å². The highest BCUT2D eigenvalue weighted by molar-refractivity contribution is 4.93. The average Bonchev–Trinajstić information content (AvgIpc) is 2.32. The summed E-state index contributed by atoms with van der Waals surface area (Å²) in [5.41, 5.74) is 0.806. The molecule has 1 rings (SSSR count). The highest BCUT2D eigenvalue weighted by atomic mass is 16.5. The smallest absolute Gasteiger partial charge is 0.0468 e. The van der Waals surface area contributed by atoms with Crippen molar-refractivity contribution in [2.75, 3.05) is 13.2 Å². The van der Waals surface area contributed by atoms with Crippen molar-refractivity contribution in [3.63, 3.8) is 0 Å². The van der Waals surface area contributed by atoms with Crippen LogP contribution in [0.2, 0.25) is 0 Å². The zero-order chi connectivity index (χ0) is 13.7. The Labute approximate surface area is 109 Å². The number of hydrogen-bond acceptors (Lipinski definition) is 1. The summed E-state index contributed by atoms with van der Waals surface area (Å²) in [7, 11) is 0. The van der Waals surface area contributed by atoms with Gasteiger partial charge in [-0.3, -0.25) is 0 Å². The quantitative estimate of drug-likeness (QED) is 0.665. The molecule has 1 heteroatoms. The molecule has 17 heavy (non-hydrogen) atoms. The van der Waals surface area contributed by atoms with E-state index in [0.717, 1.165) is 25.0 Å². The van der Waals surface area contributed by atoms with E-state index in [2.05, 4.69) is 41.5 Å². The predicted molar refractivity (Wildman–Crippen MR) is 77.3 cm³/mol. The lowest BCUT2D eigenvalue weighted by Crippen LogP contribution is -2.44. The van der Waals surface area contributed by atoms with E-state index in [0.29, 0.717) is 10.8 Å². The van der Waals surface area contributed by atoms with E-state index < -0.39 is 0 Å². The zero-order valence-corrected chi connectivity index (χ0v) is 13.4. The van der Waals surface area contributed by atoms with Gasteiger partial charge >= 0.3 is 0 Å². The Morgan fingerprint density at radius 1 is 0.941 bits per heavy atom. The standard InChI is InChI=1S/C14H28O.C2H6/c1-11(2)13(3,4)14(5,6)12-7-9-15-10-8-12;1-2/h11-12H,7-10H2,1-6H3;1-2H3. The molecule has 1 heterocycles. The van der Waals surface area contributed by atoms with Crippen molar-refractivity contribution < 1.29 is 4.74 Å². The summed E-state index contributed by atoms with van der Waals surface area (Å²) in [4.78, 5) is 0. The summed E-state index contributed by atoms with van der Waals surface area (Å²) < 4.78 is 5.47. The van der Waals surface area contributed by atoms with Crippen LogP contribution in [0.4, 0.5) is 0 Å². The van der Waals surface area contributed by atoms with Gasteiger partial charge in [-0.1, -0.05) is 55.4 Å². The van der Waals surface area contributed by atoms with Crippen molar-refractivity contribution in [2.24, 2.45) is 22.7 Å². The largest absolute Gasteiger partial charge is 0.381 e. The van der Waals surface area contributed by atoms with Gasteiger partial charge in [0.2, 0.25) is 0 Å². The lowest BCUT2D eigenvalue weighted by molar-refractivity contribution is -0.0517. The van der Waals surface area contributed by atoms with Crippen molar-refractivity contribution in [2.45, 2.75) is 68.2 Å². The topological polar surface area (TPSA) is 9.23 Å². The normalized spacial score (nSPS) is 18.9. The third kappa shape index (κ3) is 3.71. The summed E-state index contributed by atoms with van der Waals surface area (Å²) in [5.74, 6) is 1.55. The molecule has 0 aliphatic carbocycles. The summed E-state index contributed by atoms with van der Waals surface area (Å²) in [6, 6.07) is 0. The van der Waals surface area contributed by atoms with Crippen LogP contribution in [-0.2, 0) is 4.74 Å². The molecule has 0 saturated carbocycles. The molecular formula is C16H34O. The van der Waals surface area contributed by atoms with E-state index in [-0.39, 0.29) is 0 Å². The molecular weight excluding hydrogens is 208 g/mol. The van der Waals surface area contributed by atoms with Gasteiger partial charge in [0.05, 0.1) is 0 Å². The fourth-order valence-electron chi connectivity index (χ4n) is 2.69. The predicted octanol–water partition coefficient (Wildman–Crippen LogP) is 5.15. The van der Waals surface area contributed by atoms with E-state index in [1.807, 2.05) is 13.8 Å². The minimum Gasteiger partial charge on any atom is -0.381 e. The van der Waals surface area contributed by atoms with Crippen molar-refractivity contribution in [1.82, 2.24) is 0 Å². The second kappa shape index (κ2) is 6.78. The van der Waals surface area contributed by atoms with Gasteiger partial charge in [0.1, 0.15) is 0 Å². The van der Waals surface area contributed by atoms with Crippen LogP contribution in [0, 0.1) is 22.7 Å². The maximum Gasteiger partial charge on any atom is 0.0468 e. The molecule has 0 N–H and O–H groups in total. The van der Waals surface area contributed by atoms with Crippen molar-refractivity contribution in [1.29, 1.82) is 0 Å².